The second-order valence-corrected chi connectivity index (χ2v) is 3.73. The summed E-state index contributed by atoms with van der Waals surface area (Å²) in [7, 11) is 0. The van der Waals surface area contributed by atoms with Crippen LogP contribution >= 0.6 is 11.6 Å². The van der Waals surface area contributed by atoms with Gasteiger partial charge in [0.2, 0.25) is 0 Å². The molecule has 3 heteroatoms. The van der Waals surface area contributed by atoms with Crippen molar-refractivity contribution in [2.45, 2.75) is 13.5 Å². The molecule has 1 aromatic rings. The molecule has 1 atom stereocenters. The van der Waals surface area contributed by atoms with Crippen molar-refractivity contribution in [3.63, 3.8) is 0 Å². The third-order valence-corrected chi connectivity index (χ3v) is 2.12. The summed E-state index contributed by atoms with van der Waals surface area (Å²) in [6.45, 7) is 3.36. The number of nitrogens with zero attached hydrogens (tertiary/aromatic N) is 1. The molecule has 0 aliphatic heterocycles. The zero-order valence-corrected chi connectivity index (χ0v) is 8.88. The summed E-state index contributed by atoms with van der Waals surface area (Å²) in [6, 6.07) is 9.88. The Labute approximate surface area is 89.5 Å². The van der Waals surface area contributed by atoms with Crippen molar-refractivity contribution in [1.29, 1.82) is 5.26 Å². The van der Waals surface area contributed by atoms with Gasteiger partial charge in [-0.05, 0) is 24.6 Å². The van der Waals surface area contributed by atoms with Crippen LogP contribution in [0.5, 0.6) is 0 Å². The van der Waals surface area contributed by atoms with Crippen molar-refractivity contribution in [3.05, 3.63) is 34.9 Å². The molecule has 74 valence electrons. The number of nitriles is 1. The van der Waals surface area contributed by atoms with Crippen LogP contribution in [0.3, 0.4) is 0 Å². The number of hydrogen-bond donors (Lipinski definition) is 1. The molecule has 0 heterocycles. The summed E-state index contributed by atoms with van der Waals surface area (Å²) in [5.74, 6) is 0.0502. The molecule has 0 aromatic heterocycles. The molecule has 1 N–H and O–H groups in total. The van der Waals surface area contributed by atoms with Crippen LogP contribution in [0, 0.1) is 17.2 Å². The van der Waals surface area contributed by atoms with E-state index in [9.17, 15) is 0 Å². The Morgan fingerprint density at radius 2 is 2.36 bits per heavy atom. The van der Waals surface area contributed by atoms with E-state index in [0.717, 1.165) is 17.1 Å². The maximum atomic E-state index is 8.56. The van der Waals surface area contributed by atoms with E-state index in [0.29, 0.717) is 6.54 Å². The Morgan fingerprint density at radius 1 is 1.57 bits per heavy atom. The quantitative estimate of drug-likeness (QED) is 0.826. The van der Waals surface area contributed by atoms with Crippen molar-refractivity contribution < 1.29 is 0 Å². The minimum Gasteiger partial charge on any atom is -0.311 e. The lowest BCUT2D eigenvalue weighted by Gasteiger charge is -2.05. The van der Waals surface area contributed by atoms with Gasteiger partial charge in [0.1, 0.15) is 0 Å². The molecule has 14 heavy (non-hydrogen) atoms. The van der Waals surface area contributed by atoms with Crippen molar-refractivity contribution in [2.24, 2.45) is 5.92 Å². The van der Waals surface area contributed by atoms with Gasteiger partial charge >= 0.3 is 0 Å². The van der Waals surface area contributed by atoms with Crippen molar-refractivity contribution >= 4 is 11.6 Å². The molecule has 0 fully saturated rings. The first-order chi connectivity index (χ1) is 6.72. The molecule has 1 aromatic carbocycles. The molecule has 0 spiro atoms. The smallest absolute Gasteiger partial charge is 0.0666 e. The molecule has 0 saturated heterocycles. The summed E-state index contributed by atoms with van der Waals surface area (Å²) in [6.07, 6.45) is 0. The van der Waals surface area contributed by atoms with Crippen molar-refractivity contribution in [3.8, 4) is 6.07 Å². The minimum absolute atomic E-state index is 0.0502. The number of rotatable bonds is 4. The van der Waals surface area contributed by atoms with Crippen LogP contribution in [0.15, 0.2) is 24.3 Å². The molecule has 2 nitrogen and oxygen atoms in total. The van der Waals surface area contributed by atoms with Gasteiger partial charge in [0, 0.05) is 18.1 Å². The van der Waals surface area contributed by atoms with Gasteiger partial charge < -0.3 is 5.32 Å². The lowest BCUT2D eigenvalue weighted by atomic mass is 10.2. The Morgan fingerprint density at radius 3 is 3.00 bits per heavy atom. The van der Waals surface area contributed by atoms with Crippen LogP contribution < -0.4 is 5.32 Å². The third-order valence-electron chi connectivity index (χ3n) is 1.89. The molecule has 1 rings (SSSR count). The van der Waals surface area contributed by atoms with Gasteiger partial charge in [-0.15, -0.1) is 0 Å². The maximum Gasteiger partial charge on any atom is 0.0666 e. The number of benzene rings is 1. The molecule has 0 saturated carbocycles. The largest absolute Gasteiger partial charge is 0.311 e. The molecule has 1 unspecified atom stereocenters. The van der Waals surface area contributed by atoms with Crippen molar-refractivity contribution in [2.75, 3.05) is 6.54 Å². The summed E-state index contributed by atoms with van der Waals surface area (Å²) in [4.78, 5) is 0. The van der Waals surface area contributed by atoms with Crippen LogP contribution in [0.2, 0.25) is 5.02 Å². The standard InChI is InChI=1S/C11H13ClN2/c1-9(6-13)7-14-8-10-3-2-4-11(12)5-10/h2-5,9,14H,7-8H2,1H3. The predicted molar refractivity (Wildman–Crippen MR) is 57.9 cm³/mol. The van der Waals surface area contributed by atoms with E-state index in [1.807, 2.05) is 31.2 Å². The summed E-state index contributed by atoms with van der Waals surface area (Å²) in [5, 5.41) is 12.5. The summed E-state index contributed by atoms with van der Waals surface area (Å²) < 4.78 is 0. The zero-order valence-electron chi connectivity index (χ0n) is 8.13. The Kier molecular flexibility index (Phi) is 4.45. The monoisotopic (exact) mass is 208 g/mol. The second kappa shape index (κ2) is 5.64. The SMILES string of the molecule is CC(C#N)CNCc1cccc(Cl)c1. The molecule has 0 bridgehead atoms. The van der Waals surface area contributed by atoms with Crippen molar-refractivity contribution in [1.82, 2.24) is 5.32 Å². The highest BCUT2D eigenvalue weighted by atomic mass is 35.5. The average Bonchev–Trinajstić information content (AvgIpc) is 2.17. The summed E-state index contributed by atoms with van der Waals surface area (Å²) in [5.41, 5.74) is 1.14. The van der Waals surface area contributed by atoms with Crippen LogP contribution in [-0.2, 0) is 6.54 Å². The van der Waals surface area contributed by atoms with Crippen LogP contribution in [-0.4, -0.2) is 6.54 Å². The number of nitrogens with one attached hydrogen (secondary N) is 1. The normalized spacial score (nSPS) is 12.1. The highest BCUT2D eigenvalue weighted by Gasteiger charge is 1.98. The van der Waals surface area contributed by atoms with Gasteiger partial charge in [-0.1, -0.05) is 23.7 Å². The maximum absolute atomic E-state index is 8.56. The highest BCUT2D eigenvalue weighted by molar-refractivity contribution is 6.30. The topological polar surface area (TPSA) is 35.8 Å². The fourth-order valence-electron chi connectivity index (χ4n) is 1.13. The van der Waals surface area contributed by atoms with Crippen LogP contribution in [0.4, 0.5) is 0 Å². The molecular formula is C11H13ClN2. The molecule has 0 aliphatic rings. The van der Waals surface area contributed by atoms with Gasteiger partial charge in [-0.3, -0.25) is 0 Å². The van der Waals surface area contributed by atoms with E-state index in [4.69, 9.17) is 16.9 Å². The first-order valence-electron chi connectivity index (χ1n) is 4.57. The van der Waals surface area contributed by atoms with E-state index in [2.05, 4.69) is 11.4 Å². The minimum atomic E-state index is 0.0502. The number of halogens is 1. The second-order valence-electron chi connectivity index (χ2n) is 3.29. The molecular weight excluding hydrogens is 196 g/mol. The highest BCUT2D eigenvalue weighted by Crippen LogP contribution is 2.10. The van der Waals surface area contributed by atoms with Gasteiger partial charge in [0.25, 0.3) is 0 Å². The molecule has 0 aliphatic carbocycles. The average molecular weight is 209 g/mol. The van der Waals surface area contributed by atoms with Crippen LogP contribution in [0.25, 0.3) is 0 Å². The Hall–Kier alpha value is -1.04. The molecule has 0 radical (unpaired) electrons. The first kappa shape index (κ1) is 11.0. The van der Waals surface area contributed by atoms with Gasteiger partial charge in [0.15, 0.2) is 0 Å². The van der Waals surface area contributed by atoms with Gasteiger partial charge in [0.05, 0.1) is 12.0 Å². The Balaban J connectivity index is 2.36. The van der Waals surface area contributed by atoms with E-state index >= 15 is 0 Å². The fraction of sp³-hybridized carbons (Fsp3) is 0.364. The number of hydrogen-bond acceptors (Lipinski definition) is 2. The Bertz CT molecular complexity index is 330. The predicted octanol–water partition coefficient (Wildman–Crippen LogP) is 2.59. The lowest BCUT2D eigenvalue weighted by molar-refractivity contribution is 0.602. The van der Waals surface area contributed by atoms with Gasteiger partial charge in [-0.2, -0.15) is 5.26 Å². The van der Waals surface area contributed by atoms with E-state index in [1.54, 1.807) is 0 Å². The lowest BCUT2D eigenvalue weighted by Crippen LogP contribution is -2.19. The fourth-order valence-corrected chi connectivity index (χ4v) is 1.34. The third kappa shape index (κ3) is 3.78. The van der Waals surface area contributed by atoms with E-state index < -0.39 is 0 Å². The molecule has 0 amide bonds. The van der Waals surface area contributed by atoms with E-state index in [-0.39, 0.29) is 5.92 Å². The van der Waals surface area contributed by atoms with Gasteiger partial charge in [-0.25, -0.2) is 0 Å². The van der Waals surface area contributed by atoms with Crippen LogP contribution in [0.1, 0.15) is 12.5 Å². The summed E-state index contributed by atoms with van der Waals surface area (Å²) >= 11 is 5.83. The zero-order chi connectivity index (χ0) is 10.4. The van der Waals surface area contributed by atoms with E-state index in [1.165, 1.54) is 0 Å². The first-order valence-corrected chi connectivity index (χ1v) is 4.95.